The molecular weight excluding hydrogens is 394 g/mol. The fraction of sp³-hybridized carbons (Fsp3) is 0.737. The van der Waals surface area contributed by atoms with Gasteiger partial charge in [-0.25, -0.2) is 4.79 Å². The number of carbonyl (C=O) groups excluding carboxylic acids is 4. The number of carboxylic acids is 1. The Bertz CT molecular complexity index is 641. The second-order valence-corrected chi connectivity index (χ2v) is 7.59. The molecule has 0 aromatic rings. The van der Waals surface area contributed by atoms with Crippen molar-refractivity contribution < 1.29 is 29.1 Å². The van der Waals surface area contributed by atoms with Gasteiger partial charge in [-0.05, 0) is 18.8 Å². The molecule has 30 heavy (non-hydrogen) atoms. The van der Waals surface area contributed by atoms with Gasteiger partial charge < -0.3 is 32.5 Å². The number of hydrogen-bond donors (Lipinski definition) is 6. The van der Waals surface area contributed by atoms with Crippen molar-refractivity contribution in [3.05, 3.63) is 0 Å². The zero-order valence-electron chi connectivity index (χ0n) is 18.2. The molecule has 0 aliphatic carbocycles. The van der Waals surface area contributed by atoms with Crippen LogP contribution >= 0.6 is 0 Å². The van der Waals surface area contributed by atoms with Crippen molar-refractivity contribution in [1.29, 1.82) is 0 Å². The maximum Gasteiger partial charge on any atom is 0.326 e. The lowest BCUT2D eigenvalue weighted by atomic mass is 9.95. The fourth-order valence-corrected chi connectivity index (χ4v) is 2.60. The SMILES string of the molecule is CCC(C)C(NC(=O)C(NC(=O)C(C)NC(=O)C(N)CC(N)=O)C(C)CC)C(=O)O. The van der Waals surface area contributed by atoms with Crippen LogP contribution in [-0.4, -0.2) is 58.9 Å². The van der Waals surface area contributed by atoms with Crippen LogP contribution in [0.2, 0.25) is 0 Å². The average molecular weight is 430 g/mol. The van der Waals surface area contributed by atoms with Gasteiger partial charge in [-0.15, -0.1) is 0 Å². The Morgan fingerprint density at radius 1 is 0.800 bits per heavy atom. The van der Waals surface area contributed by atoms with Crippen LogP contribution in [0, 0.1) is 11.8 Å². The van der Waals surface area contributed by atoms with E-state index in [1.165, 1.54) is 6.92 Å². The van der Waals surface area contributed by atoms with E-state index in [9.17, 15) is 29.1 Å². The molecule has 11 heteroatoms. The highest BCUT2D eigenvalue weighted by Gasteiger charge is 2.33. The molecule has 0 spiro atoms. The Morgan fingerprint density at radius 3 is 1.70 bits per heavy atom. The lowest BCUT2D eigenvalue weighted by Crippen LogP contribution is -2.58. The van der Waals surface area contributed by atoms with Gasteiger partial charge in [-0.3, -0.25) is 19.2 Å². The molecule has 0 bridgehead atoms. The number of amides is 4. The molecule has 6 atom stereocenters. The number of nitrogens with two attached hydrogens (primary N) is 2. The molecule has 6 unspecified atom stereocenters. The van der Waals surface area contributed by atoms with Crippen LogP contribution in [0.25, 0.3) is 0 Å². The van der Waals surface area contributed by atoms with Crippen LogP contribution in [0.15, 0.2) is 0 Å². The summed E-state index contributed by atoms with van der Waals surface area (Å²) >= 11 is 0. The number of hydrogen-bond acceptors (Lipinski definition) is 6. The summed E-state index contributed by atoms with van der Waals surface area (Å²) in [7, 11) is 0. The minimum atomic E-state index is -1.20. The van der Waals surface area contributed by atoms with E-state index in [1.54, 1.807) is 13.8 Å². The summed E-state index contributed by atoms with van der Waals surface area (Å²) in [5.41, 5.74) is 10.5. The third-order valence-electron chi connectivity index (χ3n) is 5.08. The van der Waals surface area contributed by atoms with Crippen LogP contribution in [0.5, 0.6) is 0 Å². The van der Waals surface area contributed by atoms with E-state index >= 15 is 0 Å². The number of primary amides is 1. The normalized spacial score (nSPS) is 16.9. The number of carboxylic acid groups (broad SMARTS) is 1. The van der Waals surface area contributed by atoms with Crippen LogP contribution < -0.4 is 27.4 Å². The Labute approximate surface area is 176 Å². The Hall–Kier alpha value is -2.69. The molecule has 0 rings (SSSR count). The number of aliphatic carboxylic acids is 1. The third-order valence-corrected chi connectivity index (χ3v) is 5.08. The largest absolute Gasteiger partial charge is 0.480 e. The molecule has 0 radical (unpaired) electrons. The second kappa shape index (κ2) is 12.8. The van der Waals surface area contributed by atoms with Gasteiger partial charge in [-0.1, -0.05) is 40.5 Å². The molecule has 4 amide bonds. The lowest BCUT2D eigenvalue weighted by molar-refractivity contribution is -0.144. The van der Waals surface area contributed by atoms with E-state index in [0.29, 0.717) is 12.8 Å². The van der Waals surface area contributed by atoms with Crippen molar-refractivity contribution in [3.63, 3.8) is 0 Å². The van der Waals surface area contributed by atoms with Gasteiger partial charge in [0.2, 0.25) is 23.6 Å². The van der Waals surface area contributed by atoms with Gasteiger partial charge in [0, 0.05) is 0 Å². The summed E-state index contributed by atoms with van der Waals surface area (Å²) in [5.74, 6) is -4.50. The Balaban J connectivity index is 5.21. The lowest BCUT2D eigenvalue weighted by Gasteiger charge is -2.28. The first-order valence-corrected chi connectivity index (χ1v) is 10.0. The number of rotatable bonds is 13. The Morgan fingerprint density at radius 2 is 1.27 bits per heavy atom. The molecule has 0 heterocycles. The quantitative estimate of drug-likeness (QED) is 0.212. The molecule has 0 aliphatic heterocycles. The zero-order valence-corrected chi connectivity index (χ0v) is 18.2. The van der Waals surface area contributed by atoms with Crippen LogP contribution in [0.3, 0.4) is 0 Å². The molecule has 0 saturated heterocycles. The summed E-state index contributed by atoms with van der Waals surface area (Å²) < 4.78 is 0. The molecule has 0 aromatic heterocycles. The van der Waals surface area contributed by atoms with Gasteiger partial charge in [0.15, 0.2) is 0 Å². The highest BCUT2D eigenvalue weighted by Crippen LogP contribution is 2.12. The van der Waals surface area contributed by atoms with E-state index in [1.807, 2.05) is 13.8 Å². The maximum atomic E-state index is 12.7. The highest BCUT2D eigenvalue weighted by atomic mass is 16.4. The van der Waals surface area contributed by atoms with Crippen LogP contribution in [0.4, 0.5) is 0 Å². The topological polar surface area (TPSA) is 194 Å². The number of carbonyl (C=O) groups is 5. The van der Waals surface area contributed by atoms with Crippen molar-refractivity contribution in [2.24, 2.45) is 23.3 Å². The summed E-state index contributed by atoms with van der Waals surface area (Å²) in [4.78, 5) is 59.6. The fourth-order valence-electron chi connectivity index (χ4n) is 2.60. The number of nitrogens with one attached hydrogen (secondary N) is 3. The smallest absolute Gasteiger partial charge is 0.326 e. The van der Waals surface area contributed by atoms with Gasteiger partial charge >= 0.3 is 5.97 Å². The molecular formula is C19H35N5O6. The van der Waals surface area contributed by atoms with Gasteiger partial charge in [0.25, 0.3) is 0 Å². The molecule has 0 aromatic carbocycles. The van der Waals surface area contributed by atoms with Gasteiger partial charge in [0.1, 0.15) is 18.1 Å². The standard InChI is InChI=1S/C19H35N5O6/c1-6-9(3)14(18(28)24-15(19(29)30)10(4)7-2)23-16(26)11(5)22-17(27)12(20)8-13(21)25/h9-12,14-15H,6-8,20H2,1-5H3,(H2,21,25)(H,22,27)(H,23,26)(H,24,28)(H,29,30). The van der Waals surface area contributed by atoms with Crippen molar-refractivity contribution >= 4 is 29.6 Å². The Kier molecular flexibility index (Phi) is 11.6. The monoisotopic (exact) mass is 429 g/mol. The summed E-state index contributed by atoms with van der Waals surface area (Å²) in [6, 6.07) is -4.32. The molecule has 8 N–H and O–H groups in total. The van der Waals surface area contributed by atoms with Crippen LogP contribution in [0.1, 0.15) is 53.9 Å². The van der Waals surface area contributed by atoms with Crippen LogP contribution in [-0.2, 0) is 24.0 Å². The third kappa shape index (κ3) is 8.76. The van der Waals surface area contributed by atoms with Crippen molar-refractivity contribution in [1.82, 2.24) is 16.0 Å². The van der Waals surface area contributed by atoms with E-state index in [0.717, 1.165) is 0 Å². The molecule has 0 aliphatic rings. The maximum absolute atomic E-state index is 12.7. The zero-order chi connectivity index (χ0) is 23.6. The van der Waals surface area contributed by atoms with E-state index in [2.05, 4.69) is 16.0 Å². The first-order valence-electron chi connectivity index (χ1n) is 10.0. The minimum Gasteiger partial charge on any atom is -0.480 e. The van der Waals surface area contributed by atoms with Gasteiger partial charge in [-0.2, -0.15) is 0 Å². The van der Waals surface area contributed by atoms with Crippen molar-refractivity contribution in [3.8, 4) is 0 Å². The molecule has 172 valence electrons. The van der Waals surface area contributed by atoms with E-state index < -0.39 is 53.8 Å². The summed E-state index contributed by atoms with van der Waals surface area (Å²) in [6.07, 6.45) is 0.722. The highest BCUT2D eigenvalue weighted by molar-refractivity contribution is 5.94. The predicted molar refractivity (Wildman–Crippen MR) is 110 cm³/mol. The first kappa shape index (κ1) is 27.3. The summed E-state index contributed by atoms with van der Waals surface area (Å²) in [5, 5.41) is 16.8. The predicted octanol–water partition coefficient (Wildman–Crippen LogP) is -1.16. The van der Waals surface area contributed by atoms with E-state index in [4.69, 9.17) is 11.5 Å². The molecule has 0 fully saturated rings. The average Bonchev–Trinajstić information content (AvgIpc) is 2.67. The molecule has 11 nitrogen and oxygen atoms in total. The van der Waals surface area contributed by atoms with Crippen molar-refractivity contribution in [2.45, 2.75) is 78.0 Å². The summed E-state index contributed by atoms with van der Waals surface area (Å²) in [6.45, 7) is 8.50. The second-order valence-electron chi connectivity index (χ2n) is 7.59. The van der Waals surface area contributed by atoms with Gasteiger partial charge in [0.05, 0.1) is 12.5 Å². The first-order chi connectivity index (χ1) is 13.8. The van der Waals surface area contributed by atoms with E-state index in [-0.39, 0.29) is 18.3 Å². The minimum absolute atomic E-state index is 0.291. The van der Waals surface area contributed by atoms with Crippen molar-refractivity contribution in [2.75, 3.05) is 0 Å². The molecule has 0 saturated carbocycles.